The summed E-state index contributed by atoms with van der Waals surface area (Å²) in [6.07, 6.45) is -0.416. The lowest BCUT2D eigenvalue weighted by Crippen LogP contribution is -2.46. The van der Waals surface area contributed by atoms with Gasteiger partial charge in [-0.25, -0.2) is 0 Å². The maximum atomic E-state index is 11.8. The monoisotopic (exact) mass is 258 g/mol. The zero-order chi connectivity index (χ0) is 14.5. The molecule has 0 fully saturated rings. The first-order valence-electron chi connectivity index (χ1n) is 6.73. The van der Waals surface area contributed by atoms with Crippen LogP contribution in [0.15, 0.2) is 0 Å². The number of hydrogen-bond acceptors (Lipinski definition) is 3. The molecule has 0 aliphatic heterocycles. The van der Waals surface area contributed by atoms with Gasteiger partial charge in [-0.3, -0.25) is 9.69 Å². The summed E-state index contributed by atoms with van der Waals surface area (Å²) in [5, 5.41) is 13.0. The normalized spacial score (nSPS) is 14.4. The van der Waals surface area contributed by atoms with E-state index in [0.717, 1.165) is 0 Å². The van der Waals surface area contributed by atoms with Crippen molar-refractivity contribution in [2.45, 2.75) is 53.7 Å². The molecule has 4 heteroatoms. The molecule has 0 heterocycles. The molecule has 1 unspecified atom stereocenters. The highest BCUT2D eigenvalue weighted by atomic mass is 16.3. The third kappa shape index (κ3) is 5.83. The van der Waals surface area contributed by atoms with Gasteiger partial charge in [0.05, 0.1) is 12.6 Å². The predicted molar refractivity (Wildman–Crippen MR) is 75.4 cm³/mol. The molecule has 4 nitrogen and oxygen atoms in total. The van der Waals surface area contributed by atoms with Crippen LogP contribution >= 0.6 is 0 Å². The number of nitrogens with one attached hydrogen (secondary N) is 1. The molecular formula is C14H30N2O2. The van der Waals surface area contributed by atoms with E-state index in [4.69, 9.17) is 0 Å². The largest absolute Gasteiger partial charge is 0.392 e. The lowest BCUT2D eigenvalue weighted by atomic mass is 9.81. The van der Waals surface area contributed by atoms with Crippen LogP contribution in [0.5, 0.6) is 0 Å². The van der Waals surface area contributed by atoms with Crippen LogP contribution in [0.3, 0.4) is 0 Å². The lowest BCUT2D eigenvalue weighted by molar-refractivity contribution is -0.123. The van der Waals surface area contributed by atoms with Crippen LogP contribution in [0.25, 0.3) is 0 Å². The van der Waals surface area contributed by atoms with Crippen LogP contribution in [0, 0.1) is 11.3 Å². The highest BCUT2D eigenvalue weighted by molar-refractivity contribution is 5.78. The summed E-state index contributed by atoms with van der Waals surface area (Å²) in [5.74, 6) is 0.200. The van der Waals surface area contributed by atoms with E-state index >= 15 is 0 Å². The van der Waals surface area contributed by atoms with Crippen LogP contribution < -0.4 is 5.32 Å². The first kappa shape index (κ1) is 17.4. The van der Waals surface area contributed by atoms with Crippen molar-refractivity contribution in [3.8, 4) is 0 Å². The van der Waals surface area contributed by atoms with E-state index in [0.29, 0.717) is 19.1 Å². The first-order chi connectivity index (χ1) is 8.08. The number of nitrogens with zero attached hydrogens (tertiary/aromatic N) is 1. The van der Waals surface area contributed by atoms with E-state index in [1.807, 2.05) is 39.6 Å². The third-order valence-corrected chi connectivity index (χ3v) is 3.45. The van der Waals surface area contributed by atoms with Gasteiger partial charge in [-0.05, 0) is 26.8 Å². The molecule has 0 aliphatic carbocycles. The Morgan fingerprint density at radius 2 is 1.78 bits per heavy atom. The molecule has 0 bridgehead atoms. The smallest absolute Gasteiger partial charge is 0.234 e. The molecule has 0 spiro atoms. The second kappa shape index (κ2) is 7.10. The quantitative estimate of drug-likeness (QED) is 0.727. The lowest BCUT2D eigenvalue weighted by Gasteiger charge is -2.33. The highest BCUT2D eigenvalue weighted by Crippen LogP contribution is 2.24. The van der Waals surface area contributed by atoms with Gasteiger partial charge in [-0.1, -0.05) is 27.7 Å². The third-order valence-electron chi connectivity index (χ3n) is 3.45. The van der Waals surface area contributed by atoms with E-state index in [1.165, 1.54) is 0 Å². The van der Waals surface area contributed by atoms with Gasteiger partial charge in [0.25, 0.3) is 0 Å². The van der Waals surface area contributed by atoms with E-state index in [-0.39, 0.29) is 17.2 Å². The van der Waals surface area contributed by atoms with Crippen LogP contribution in [-0.4, -0.2) is 48.2 Å². The Kier molecular flexibility index (Phi) is 6.86. The Morgan fingerprint density at radius 1 is 1.28 bits per heavy atom. The van der Waals surface area contributed by atoms with Crippen molar-refractivity contribution in [2.75, 3.05) is 20.1 Å². The topological polar surface area (TPSA) is 52.6 Å². The van der Waals surface area contributed by atoms with Crippen molar-refractivity contribution in [2.24, 2.45) is 11.3 Å². The maximum Gasteiger partial charge on any atom is 0.234 e. The summed E-state index contributed by atoms with van der Waals surface area (Å²) in [6.45, 7) is 12.9. The Morgan fingerprint density at radius 3 is 2.17 bits per heavy atom. The Labute approximate surface area is 112 Å². The molecule has 0 rings (SSSR count). The van der Waals surface area contributed by atoms with Gasteiger partial charge < -0.3 is 10.4 Å². The molecule has 1 amide bonds. The minimum Gasteiger partial charge on any atom is -0.392 e. The van der Waals surface area contributed by atoms with Crippen LogP contribution in [0.1, 0.15) is 41.5 Å². The molecule has 0 radical (unpaired) electrons. The summed E-state index contributed by atoms with van der Waals surface area (Å²) >= 11 is 0. The fourth-order valence-electron chi connectivity index (χ4n) is 1.80. The molecule has 108 valence electrons. The van der Waals surface area contributed by atoms with Gasteiger partial charge in [0.15, 0.2) is 0 Å². The number of likely N-dealkylation sites (N-methyl/N-ethyl adjacent to an activating group) is 1. The molecule has 0 saturated heterocycles. The Balaban J connectivity index is 4.20. The van der Waals surface area contributed by atoms with E-state index in [1.54, 1.807) is 0 Å². The van der Waals surface area contributed by atoms with E-state index in [2.05, 4.69) is 19.2 Å². The van der Waals surface area contributed by atoms with Gasteiger partial charge in [-0.15, -0.1) is 0 Å². The van der Waals surface area contributed by atoms with Crippen molar-refractivity contribution < 1.29 is 9.90 Å². The van der Waals surface area contributed by atoms with E-state index in [9.17, 15) is 9.90 Å². The molecular weight excluding hydrogens is 228 g/mol. The molecule has 0 saturated carbocycles. The molecule has 18 heavy (non-hydrogen) atoms. The Bertz CT molecular complexity index is 263. The minimum absolute atomic E-state index is 0.00947. The van der Waals surface area contributed by atoms with Crippen molar-refractivity contribution in [1.82, 2.24) is 10.2 Å². The summed E-state index contributed by atoms with van der Waals surface area (Å²) in [5.41, 5.74) is -0.305. The fraction of sp³-hybridized carbons (Fsp3) is 0.929. The number of aliphatic hydroxyl groups is 1. The molecule has 0 aliphatic rings. The van der Waals surface area contributed by atoms with Crippen LogP contribution in [0.4, 0.5) is 0 Å². The number of amides is 1. The number of carbonyl (C=O) groups is 1. The average Bonchev–Trinajstić information content (AvgIpc) is 2.25. The van der Waals surface area contributed by atoms with Crippen molar-refractivity contribution in [3.05, 3.63) is 0 Å². The number of hydrogen-bond donors (Lipinski definition) is 2. The van der Waals surface area contributed by atoms with Gasteiger partial charge >= 0.3 is 0 Å². The minimum atomic E-state index is -0.416. The van der Waals surface area contributed by atoms with Gasteiger partial charge in [0, 0.05) is 18.0 Å². The van der Waals surface area contributed by atoms with Crippen molar-refractivity contribution >= 4 is 5.91 Å². The number of aliphatic hydroxyl groups excluding tert-OH is 1. The van der Waals surface area contributed by atoms with Crippen LogP contribution in [0.2, 0.25) is 0 Å². The first-order valence-corrected chi connectivity index (χ1v) is 6.73. The van der Waals surface area contributed by atoms with Gasteiger partial charge in [0.2, 0.25) is 5.91 Å². The maximum absolute atomic E-state index is 11.8. The molecule has 1 atom stereocenters. The molecule has 0 aromatic carbocycles. The van der Waals surface area contributed by atoms with E-state index < -0.39 is 6.10 Å². The Hall–Kier alpha value is -0.610. The average molecular weight is 258 g/mol. The SMILES string of the molecule is CC(C)C(O)C(C)(C)CNC(=O)CN(C)C(C)C. The number of carbonyl (C=O) groups excluding carboxylic acids is 1. The standard InChI is InChI=1S/C14H30N2O2/c1-10(2)13(18)14(5,6)9-15-12(17)8-16(7)11(3)4/h10-11,13,18H,8-9H2,1-7H3,(H,15,17). The fourth-order valence-corrected chi connectivity index (χ4v) is 1.80. The van der Waals surface area contributed by atoms with Crippen molar-refractivity contribution in [1.29, 1.82) is 0 Å². The zero-order valence-corrected chi connectivity index (χ0v) is 12.9. The number of rotatable bonds is 7. The second-order valence-electron chi connectivity index (χ2n) is 6.46. The summed E-state index contributed by atoms with van der Waals surface area (Å²) in [7, 11) is 1.93. The second-order valence-corrected chi connectivity index (χ2v) is 6.46. The molecule has 0 aromatic heterocycles. The summed E-state index contributed by atoms with van der Waals surface area (Å²) < 4.78 is 0. The van der Waals surface area contributed by atoms with Gasteiger partial charge in [0.1, 0.15) is 0 Å². The van der Waals surface area contributed by atoms with Gasteiger partial charge in [-0.2, -0.15) is 0 Å². The molecule has 2 N–H and O–H groups in total. The highest BCUT2D eigenvalue weighted by Gasteiger charge is 2.30. The van der Waals surface area contributed by atoms with Crippen molar-refractivity contribution in [3.63, 3.8) is 0 Å². The summed E-state index contributed by atoms with van der Waals surface area (Å²) in [4.78, 5) is 13.7. The van der Waals surface area contributed by atoms with Crippen LogP contribution in [-0.2, 0) is 4.79 Å². The summed E-state index contributed by atoms with van der Waals surface area (Å²) in [6, 6.07) is 0.352. The zero-order valence-electron chi connectivity index (χ0n) is 12.9. The predicted octanol–water partition coefficient (Wildman–Crippen LogP) is 1.49. The molecule has 0 aromatic rings.